The van der Waals surface area contributed by atoms with Crippen LogP contribution in [-0.4, -0.2) is 36.8 Å². The Labute approximate surface area is 79.9 Å². The van der Waals surface area contributed by atoms with Crippen LogP contribution >= 0.6 is 7.60 Å². The molecule has 0 saturated heterocycles. The summed E-state index contributed by atoms with van der Waals surface area (Å²) in [6, 6.07) is 0. The highest BCUT2D eigenvalue weighted by molar-refractivity contribution is 7.53. The second-order valence-electron chi connectivity index (χ2n) is 4.06. The third-order valence-electron chi connectivity index (χ3n) is 2.02. The number of carbonyl (C=O) groups is 1. The highest BCUT2D eigenvalue weighted by Gasteiger charge is 2.26. The van der Waals surface area contributed by atoms with Gasteiger partial charge in [-0.15, -0.1) is 0 Å². The molecule has 0 heterocycles. The summed E-state index contributed by atoms with van der Waals surface area (Å²) in [5, 5.41) is -0.160. The first kappa shape index (κ1) is 12.9. The maximum Gasteiger partial charge on any atom is 0.331 e. The van der Waals surface area contributed by atoms with E-state index in [1.54, 1.807) is 0 Å². The average molecular weight is 204 g/mol. The van der Waals surface area contributed by atoms with Gasteiger partial charge in [0.25, 0.3) is 0 Å². The largest absolute Gasteiger partial charge is 0.331 e. The molecule has 0 aromatic carbocycles. The van der Waals surface area contributed by atoms with Crippen molar-refractivity contribution in [3.8, 4) is 0 Å². The highest BCUT2D eigenvalue weighted by Crippen LogP contribution is 2.35. The van der Waals surface area contributed by atoms with E-state index in [1.807, 2.05) is 21.7 Å². The fraction of sp³-hybridized carbons (Fsp3) is 0.833. The molecule has 0 atom stereocenters. The van der Waals surface area contributed by atoms with Crippen molar-refractivity contribution >= 4 is 28.4 Å². The molecule has 0 bridgehead atoms. The van der Waals surface area contributed by atoms with Gasteiger partial charge in [-0.05, 0) is 0 Å². The van der Waals surface area contributed by atoms with Crippen LogP contribution in [0.15, 0.2) is 0 Å². The van der Waals surface area contributed by atoms with Crippen molar-refractivity contribution in [1.82, 2.24) is 0 Å². The maximum absolute atomic E-state index is 11.1. The Hall–Kier alpha value is -0.0501. The molecule has 7 heteroatoms. The Balaban J connectivity index is 4.11. The number of hydrogen-bond acceptors (Lipinski definition) is 2. The summed E-state index contributed by atoms with van der Waals surface area (Å²) in [5.74, 6) is 0. The van der Waals surface area contributed by atoms with Gasteiger partial charge in [-0.3, -0.25) is 4.57 Å². The van der Waals surface area contributed by atoms with Crippen LogP contribution in [0.4, 0.5) is 0 Å². The minimum Gasteiger partial charge on any atom is -0.324 e. The van der Waals surface area contributed by atoms with Crippen molar-refractivity contribution in [2.75, 3.05) is 6.16 Å². The maximum atomic E-state index is 11.1. The Morgan fingerprint density at radius 1 is 1.54 bits per heavy atom. The van der Waals surface area contributed by atoms with Crippen LogP contribution < -0.4 is 0 Å². The molecule has 0 aliphatic carbocycles. The zero-order valence-corrected chi connectivity index (χ0v) is 9.17. The van der Waals surface area contributed by atoms with E-state index in [1.165, 1.54) is 0 Å². The lowest BCUT2D eigenvalue weighted by atomic mass is 9.48. The van der Waals surface area contributed by atoms with Gasteiger partial charge in [-0.25, -0.2) is 0 Å². The van der Waals surface area contributed by atoms with Gasteiger partial charge in [0.2, 0.25) is 7.28 Å². The summed E-state index contributed by atoms with van der Waals surface area (Å²) in [4.78, 5) is 28.2. The van der Waals surface area contributed by atoms with Gasteiger partial charge < -0.3 is 14.6 Å². The first-order valence-electron chi connectivity index (χ1n) is 4.22. The van der Waals surface area contributed by atoms with Crippen molar-refractivity contribution in [2.45, 2.75) is 25.5 Å². The van der Waals surface area contributed by atoms with E-state index in [9.17, 15) is 9.36 Å². The average Bonchev–Trinajstić information content (AvgIpc) is 1.81. The molecule has 0 aliphatic heterocycles. The van der Waals surface area contributed by atoms with E-state index < -0.39 is 13.8 Å². The van der Waals surface area contributed by atoms with Crippen molar-refractivity contribution in [3.05, 3.63) is 0 Å². The monoisotopic (exact) mass is 204 g/mol. The number of hydrogen-bond donors (Lipinski definition) is 2. The molecule has 0 rings (SSSR count). The van der Waals surface area contributed by atoms with Gasteiger partial charge in [0.1, 0.15) is 7.85 Å². The third kappa shape index (κ3) is 7.05. The smallest absolute Gasteiger partial charge is 0.324 e. The summed E-state index contributed by atoms with van der Waals surface area (Å²) in [6.07, 6.45) is 0.191. The first-order chi connectivity index (χ1) is 5.66. The molecule has 0 saturated carbocycles. The van der Waals surface area contributed by atoms with E-state index in [-0.39, 0.29) is 18.3 Å². The molecule has 13 heavy (non-hydrogen) atoms. The summed E-state index contributed by atoms with van der Waals surface area (Å²) in [5.41, 5.74) is -0.361. The highest BCUT2D eigenvalue weighted by atomic mass is 31.2. The zero-order valence-electron chi connectivity index (χ0n) is 8.28. The Bertz CT molecular complexity index is 235. The normalized spacial score (nSPS) is 12.6. The molecular weight excluding hydrogens is 189 g/mol. The molecule has 0 fully saturated rings. The first-order valence-corrected chi connectivity index (χ1v) is 6.02. The van der Waals surface area contributed by atoms with Crippen LogP contribution in [0.5, 0.6) is 0 Å². The molecule has 0 unspecified atom stereocenters. The van der Waals surface area contributed by atoms with Crippen molar-refractivity contribution in [2.24, 2.45) is 0 Å². The van der Waals surface area contributed by atoms with E-state index in [0.717, 1.165) is 6.32 Å². The van der Waals surface area contributed by atoms with Crippen molar-refractivity contribution in [3.63, 3.8) is 0 Å². The molecule has 0 spiro atoms. The van der Waals surface area contributed by atoms with Gasteiger partial charge in [0.15, 0.2) is 0 Å². The van der Waals surface area contributed by atoms with Crippen LogP contribution in [0.1, 0.15) is 13.8 Å². The molecular formula is C6H15B2O4P. The molecule has 4 nitrogen and oxygen atoms in total. The lowest BCUT2D eigenvalue weighted by Crippen LogP contribution is -2.24. The van der Waals surface area contributed by atoms with E-state index in [0.29, 0.717) is 0 Å². The van der Waals surface area contributed by atoms with Crippen LogP contribution in [0.3, 0.4) is 0 Å². The third-order valence-corrected chi connectivity index (χ3v) is 2.78. The van der Waals surface area contributed by atoms with Crippen molar-refractivity contribution in [1.29, 1.82) is 0 Å². The van der Waals surface area contributed by atoms with Crippen LogP contribution in [0.2, 0.25) is 11.6 Å². The van der Waals surface area contributed by atoms with E-state index in [4.69, 9.17) is 9.79 Å². The minimum atomic E-state index is -4.17. The molecule has 0 amide bonds. The van der Waals surface area contributed by atoms with E-state index in [2.05, 4.69) is 0 Å². The molecule has 0 radical (unpaired) electrons. The molecule has 0 aromatic heterocycles. The van der Waals surface area contributed by atoms with Crippen LogP contribution in [0, 0.1) is 0 Å². The van der Waals surface area contributed by atoms with Crippen molar-refractivity contribution < 1.29 is 19.1 Å². The second kappa shape index (κ2) is 4.45. The fourth-order valence-electron chi connectivity index (χ4n) is 0.944. The lowest BCUT2D eigenvalue weighted by Gasteiger charge is -2.19. The Morgan fingerprint density at radius 2 is 2.00 bits per heavy atom. The van der Waals surface area contributed by atoms with E-state index >= 15 is 0 Å². The number of carbonyl (C=O) groups excluding carboxylic acids is 1. The summed E-state index contributed by atoms with van der Waals surface area (Å²) in [6.45, 7) is 3.81. The lowest BCUT2D eigenvalue weighted by molar-refractivity contribution is -0.110. The predicted molar refractivity (Wildman–Crippen MR) is 56.5 cm³/mol. The summed E-state index contributed by atoms with van der Waals surface area (Å²) in [7, 11) is -1.99. The van der Waals surface area contributed by atoms with Gasteiger partial charge in [0.05, 0.1) is 11.8 Å². The predicted octanol–water partition coefficient (Wildman–Crippen LogP) is -0.623. The van der Waals surface area contributed by atoms with Gasteiger partial charge in [-0.2, -0.15) is 0 Å². The Morgan fingerprint density at radius 3 is 2.31 bits per heavy atom. The van der Waals surface area contributed by atoms with Crippen LogP contribution in [-0.2, 0) is 9.36 Å². The van der Waals surface area contributed by atoms with Gasteiger partial charge in [0, 0.05) is 0 Å². The quantitative estimate of drug-likeness (QED) is 0.462. The zero-order chi connectivity index (χ0) is 10.7. The summed E-state index contributed by atoms with van der Waals surface area (Å²) >= 11 is 0. The molecule has 0 aliphatic rings. The summed E-state index contributed by atoms with van der Waals surface area (Å²) < 4.78 is 10.5. The molecule has 0 aromatic rings. The molecule has 2 N–H and O–H groups in total. The minimum absolute atomic E-state index is 0.160. The SMILES string of the molecule is BCC(C)(C)BC(=O)CP(=O)(O)O. The standard InChI is InChI=1S/C6H15B2O4P/c1-6(2,4-7)8-5(9)3-13(10,11)12/h8H,3-4,7H2,1-2H3,(H2,10,11,12). The molecule has 74 valence electrons. The second-order valence-corrected chi connectivity index (χ2v) is 5.70. The van der Waals surface area contributed by atoms with Crippen LogP contribution in [0.25, 0.3) is 0 Å². The number of rotatable bonds is 5. The van der Waals surface area contributed by atoms with Gasteiger partial charge in [-0.1, -0.05) is 25.5 Å². The Kier molecular flexibility index (Phi) is 4.43. The fourth-order valence-corrected chi connectivity index (χ4v) is 1.52. The topological polar surface area (TPSA) is 74.6 Å². The van der Waals surface area contributed by atoms with Gasteiger partial charge >= 0.3 is 7.60 Å².